The van der Waals surface area contributed by atoms with Gasteiger partial charge in [0.05, 0.1) is 5.60 Å². The van der Waals surface area contributed by atoms with Crippen LogP contribution in [0.15, 0.2) is 24.3 Å². The lowest BCUT2D eigenvalue weighted by molar-refractivity contribution is -0.128. The van der Waals surface area contributed by atoms with E-state index in [1.165, 1.54) is 0 Å². The van der Waals surface area contributed by atoms with Crippen LogP contribution in [0.1, 0.15) is 13.8 Å². The predicted molar refractivity (Wildman–Crippen MR) is 83.7 cm³/mol. The van der Waals surface area contributed by atoms with Crippen molar-refractivity contribution in [2.75, 3.05) is 27.2 Å². The van der Waals surface area contributed by atoms with Crippen LogP contribution in [0.2, 0.25) is 5.02 Å². The Hall–Kier alpha value is -1.30. The average molecular weight is 315 g/mol. The normalized spacial score (nSPS) is 15.4. The second kappa shape index (κ2) is 7.64. The van der Waals surface area contributed by atoms with Crippen LogP contribution in [0, 0.1) is 0 Å². The average Bonchev–Trinajstić information content (AvgIpc) is 2.37. The van der Waals surface area contributed by atoms with E-state index in [1.807, 2.05) is 19.0 Å². The quantitative estimate of drug-likeness (QED) is 0.801. The Labute approximate surface area is 130 Å². The van der Waals surface area contributed by atoms with Gasteiger partial charge in [0.2, 0.25) is 0 Å². The summed E-state index contributed by atoms with van der Waals surface area (Å²) in [6.07, 6.45) is -0.652. The van der Waals surface area contributed by atoms with E-state index in [1.54, 1.807) is 38.1 Å². The van der Waals surface area contributed by atoms with E-state index in [0.717, 1.165) is 0 Å². The van der Waals surface area contributed by atoms with Crippen molar-refractivity contribution in [2.24, 2.45) is 0 Å². The fourth-order valence-corrected chi connectivity index (χ4v) is 2.06. The Morgan fingerprint density at radius 3 is 2.52 bits per heavy atom. The number of hydrogen-bond donors (Lipinski definition) is 2. The van der Waals surface area contributed by atoms with E-state index < -0.39 is 11.7 Å². The number of carbonyl (C=O) groups is 1. The van der Waals surface area contributed by atoms with Crippen molar-refractivity contribution in [3.8, 4) is 5.75 Å². The molecule has 2 atom stereocenters. The summed E-state index contributed by atoms with van der Waals surface area (Å²) in [5.74, 6) is 0.297. The minimum atomic E-state index is -0.987. The molecule has 0 aliphatic carbocycles. The molecular formula is C15H23ClN2O3. The molecule has 0 bridgehead atoms. The first-order valence-corrected chi connectivity index (χ1v) is 7.14. The Kier molecular flexibility index (Phi) is 6.45. The highest BCUT2D eigenvalue weighted by molar-refractivity contribution is 6.30. The van der Waals surface area contributed by atoms with Crippen molar-refractivity contribution in [3.05, 3.63) is 29.3 Å². The van der Waals surface area contributed by atoms with Crippen molar-refractivity contribution < 1.29 is 14.6 Å². The molecule has 2 unspecified atom stereocenters. The van der Waals surface area contributed by atoms with Crippen LogP contribution < -0.4 is 10.1 Å². The highest BCUT2D eigenvalue weighted by atomic mass is 35.5. The SMILES string of the molecule is CC(Oc1ccc(Cl)cc1)C(=O)NCC(C)(O)CN(C)C. The molecule has 0 heterocycles. The van der Waals surface area contributed by atoms with Gasteiger partial charge < -0.3 is 20.1 Å². The van der Waals surface area contributed by atoms with E-state index in [2.05, 4.69) is 5.32 Å². The van der Waals surface area contributed by atoms with Crippen molar-refractivity contribution in [3.63, 3.8) is 0 Å². The number of halogens is 1. The summed E-state index contributed by atoms with van der Waals surface area (Å²) in [5.41, 5.74) is -0.987. The summed E-state index contributed by atoms with van der Waals surface area (Å²) in [6, 6.07) is 6.80. The van der Waals surface area contributed by atoms with Crippen LogP contribution in [-0.2, 0) is 4.79 Å². The Balaban J connectivity index is 2.46. The largest absolute Gasteiger partial charge is 0.481 e. The summed E-state index contributed by atoms with van der Waals surface area (Å²) < 4.78 is 5.51. The summed E-state index contributed by atoms with van der Waals surface area (Å²) in [7, 11) is 3.73. The second-order valence-corrected chi connectivity index (χ2v) is 6.10. The maximum absolute atomic E-state index is 12.0. The lowest BCUT2D eigenvalue weighted by Gasteiger charge is -2.27. The molecular weight excluding hydrogens is 292 g/mol. The van der Waals surface area contributed by atoms with E-state index >= 15 is 0 Å². The molecule has 1 amide bonds. The van der Waals surface area contributed by atoms with Gasteiger partial charge in [-0.2, -0.15) is 0 Å². The molecule has 1 aromatic rings. The first kappa shape index (κ1) is 17.8. The smallest absolute Gasteiger partial charge is 0.260 e. The predicted octanol–water partition coefficient (Wildman–Crippen LogP) is 1.54. The molecule has 0 aliphatic heterocycles. The highest BCUT2D eigenvalue weighted by Crippen LogP contribution is 2.16. The molecule has 2 N–H and O–H groups in total. The van der Waals surface area contributed by atoms with Gasteiger partial charge in [-0.25, -0.2) is 0 Å². The zero-order valence-electron chi connectivity index (χ0n) is 12.9. The third-order valence-electron chi connectivity index (χ3n) is 2.80. The summed E-state index contributed by atoms with van der Waals surface area (Å²) in [4.78, 5) is 13.8. The van der Waals surface area contributed by atoms with E-state index in [4.69, 9.17) is 16.3 Å². The first-order valence-electron chi connectivity index (χ1n) is 6.77. The maximum Gasteiger partial charge on any atom is 0.260 e. The number of amides is 1. The molecule has 6 heteroatoms. The summed E-state index contributed by atoms with van der Waals surface area (Å²) in [6.45, 7) is 3.96. The lowest BCUT2D eigenvalue weighted by atomic mass is 10.1. The van der Waals surface area contributed by atoms with Crippen LogP contribution in [0.5, 0.6) is 5.75 Å². The van der Waals surface area contributed by atoms with Gasteiger partial charge in [0, 0.05) is 18.1 Å². The first-order chi connectivity index (χ1) is 9.69. The van der Waals surface area contributed by atoms with Crippen molar-refractivity contribution >= 4 is 17.5 Å². The fourth-order valence-electron chi connectivity index (χ4n) is 1.93. The molecule has 118 valence electrons. The van der Waals surface area contributed by atoms with Gasteiger partial charge in [-0.15, -0.1) is 0 Å². The zero-order chi connectivity index (χ0) is 16.0. The zero-order valence-corrected chi connectivity index (χ0v) is 13.6. The minimum Gasteiger partial charge on any atom is -0.481 e. The number of hydrogen-bond acceptors (Lipinski definition) is 4. The molecule has 0 saturated heterocycles. The number of nitrogens with one attached hydrogen (secondary N) is 1. The molecule has 1 aromatic carbocycles. The van der Waals surface area contributed by atoms with Crippen molar-refractivity contribution in [1.82, 2.24) is 10.2 Å². The van der Waals surface area contributed by atoms with Gasteiger partial charge >= 0.3 is 0 Å². The van der Waals surface area contributed by atoms with E-state index in [0.29, 0.717) is 17.3 Å². The molecule has 0 radical (unpaired) electrons. The Morgan fingerprint density at radius 2 is 2.00 bits per heavy atom. The monoisotopic (exact) mass is 314 g/mol. The topological polar surface area (TPSA) is 61.8 Å². The molecule has 1 rings (SSSR count). The molecule has 0 saturated carbocycles. The Bertz CT molecular complexity index is 460. The third kappa shape index (κ3) is 6.80. The number of rotatable bonds is 7. The number of nitrogens with zero attached hydrogens (tertiary/aromatic N) is 1. The third-order valence-corrected chi connectivity index (χ3v) is 3.05. The van der Waals surface area contributed by atoms with Gasteiger partial charge in [0.15, 0.2) is 6.10 Å². The van der Waals surface area contributed by atoms with Gasteiger partial charge in [0.1, 0.15) is 5.75 Å². The van der Waals surface area contributed by atoms with Gasteiger partial charge in [-0.3, -0.25) is 4.79 Å². The van der Waals surface area contributed by atoms with E-state index in [-0.39, 0.29) is 12.5 Å². The Morgan fingerprint density at radius 1 is 1.43 bits per heavy atom. The molecule has 0 aliphatic rings. The van der Waals surface area contributed by atoms with Crippen LogP contribution in [0.25, 0.3) is 0 Å². The standard InChI is InChI=1S/C15H23ClN2O3/c1-11(21-13-7-5-12(16)6-8-13)14(19)17-9-15(2,20)10-18(3)4/h5-8,11,20H,9-10H2,1-4H3,(H,17,19). The number of aliphatic hydroxyl groups is 1. The molecule has 0 spiro atoms. The summed E-state index contributed by atoms with van der Waals surface area (Å²) >= 11 is 5.79. The van der Waals surface area contributed by atoms with Crippen molar-refractivity contribution in [1.29, 1.82) is 0 Å². The second-order valence-electron chi connectivity index (χ2n) is 5.67. The highest BCUT2D eigenvalue weighted by Gasteiger charge is 2.24. The van der Waals surface area contributed by atoms with Gasteiger partial charge in [0.25, 0.3) is 5.91 Å². The molecule has 0 aromatic heterocycles. The van der Waals surface area contributed by atoms with Gasteiger partial charge in [-0.1, -0.05) is 11.6 Å². The lowest BCUT2D eigenvalue weighted by Crippen LogP contribution is -2.49. The fraction of sp³-hybridized carbons (Fsp3) is 0.533. The number of ether oxygens (including phenoxy) is 1. The van der Waals surface area contributed by atoms with Crippen LogP contribution in [0.3, 0.4) is 0 Å². The van der Waals surface area contributed by atoms with E-state index in [9.17, 15) is 9.90 Å². The molecule has 0 fully saturated rings. The number of carbonyl (C=O) groups excluding carboxylic acids is 1. The van der Waals surface area contributed by atoms with Crippen LogP contribution in [0.4, 0.5) is 0 Å². The van der Waals surface area contributed by atoms with Crippen LogP contribution in [-0.4, -0.2) is 54.8 Å². The van der Waals surface area contributed by atoms with Crippen molar-refractivity contribution in [2.45, 2.75) is 25.6 Å². The molecule has 21 heavy (non-hydrogen) atoms. The van der Waals surface area contributed by atoms with Crippen LogP contribution >= 0.6 is 11.6 Å². The summed E-state index contributed by atoms with van der Waals surface area (Å²) in [5, 5.41) is 13.4. The minimum absolute atomic E-state index is 0.165. The molecule has 5 nitrogen and oxygen atoms in total. The number of likely N-dealkylation sites (N-methyl/N-ethyl adjacent to an activating group) is 1. The number of benzene rings is 1. The van der Waals surface area contributed by atoms with Gasteiger partial charge in [-0.05, 0) is 52.2 Å². The maximum atomic E-state index is 12.0.